The third-order valence-electron chi connectivity index (χ3n) is 2.71. The molecule has 2 heterocycles. The van der Waals surface area contributed by atoms with Crippen molar-refractivity contribution in [2.45, 2.75) is 13.1 Å². The van der Waals surface area contributed by atoms with Gasteiger partial charge in [-0.2, -0.15) is 0 Å². The second-order valence-corrected chi connectivity index (χ2v) is 6.22. The zero-order valence-corrected chi connectivity index (χ0v) is 12.7. The fourth-order valence-corrected chi connectivity index (χ4v) is 2.66. The van der Waals surface area contributed by atoms with Gasteiger partial charge in [0, 0.05) is 18.0 Å². The molecule has 0 unspecified atom stereocenters. The molecule has 0 saturated carbocycles. The number of hydrogen-bond acceptors (Lipinski definition) is 5. The lowest BCUT2D eigenvalue weighted by Gasteiger charge is -2.16. The third-order valence-corrected chi connectivity index (χ3v) is 3.94. The van der Waals surface area contributed by atoms with Gasteiger partial charge in [0.1, 0.15) is 12.7 Å². The molecule has 0 saturated heterocycles. The molecule has 0 aliphatic carbocycles. The van der Waals surface area contributed by atoms with Gasteiger partial charge in [0.05, 0.1) is 17.4 Å². The molecule has 20 heavy (non-hydrogen) atoms. The molecule has 6 nitrogen and oxygen atoms in total. The molecule has 0 bridgehead atoms. The van der Waals surface area contributed by atoms with E-state index in [0.717, 1.165) is 22.3 Å². The Kier molecular flexibility index (Phi) is 5.51. The maximum atomic E-state index is 11.8. The Labute approximate surface area is 126 Å². The van der Waals surface area contributed by atoms with Crippen LogP contribution in [0.1, 0.15) is 4.88 Å². The minimum Gasteiger partial charge on any atom is -0.350 e. The van der Waals surface area contributed by atoms with E-state index in [1.165, 1.54) is 11.3 Å². The second kappa shape index (κ2) is 7.37. The summed E-state index contributed by atoms with van der Waals surface area (Å²) in [6.45, 7) is 2.41. The van der Waals surface area contributed by atoms with E-state index >= 15 is 0 Å². The summed E-state index contributed by atoms with van der Waals surface area (Å²) in [5.74, 6) is 0.000721. The Hall–Kier alpha value is -1.44. The van der Waals surface area contributed by atoms with Crippen molar-refractivity contribution in [3.05, 3.63) is 34.0 Å². The molecule has 0 atom stereocenters. The first-order valence-corrected chi connectivity index (χ1v) is 7.35. The highest BCUT2D eigenvalue weighted by molar-refractivity contribution is 7.16. The van der Waals surface area contributed by atoms with Crippen LogP contribution >= 0.6 is 22.9 Å². The lowest BCUT2D eigenvalue weighted by Crippen LogP contribution is -2.36. The van der Waals surface area contributed by atoms with Gasteiger partial charge in [-0.1, -0.05) is 11.6 Å². The number of aromatic nitrogens is 3. The number of halogens is 1. The van der Waals surface area contributed by atoms with Gasteiger partial charge in [0.25, 0.3) is 0 Å². The molecular weight excluding hydrogens is 298 g/mol. The molecule has 0 aliphatic heterocycles. The van der Waals surface area contributed by atoms with Crippen LogP contribution in [0.2, 0.25) is 4.34 Å². The SMILES string of the molecule is CN(CCn1cnnc1)CC(=O)NCc1ccc(Cl)s1. The van der Waals surface area contributed by atoms with Crippen molar-refractivity contribution in [1.29, 1.82) is 0 Å². The van der Waals surface area contributed by atoms with Gasteiger partial charge in [-0.25, -0.2) is 0 Å². The highest BCUT2D eigenvalue weighted by Crippen LogP contribution is 2.20. The first kappa shape index (κ1) is 15.0. The maximum absolute atomic E-state index is 11.8. The molecule has 0 spiro atoms. The number of likely N-dealkylation sites (N-methyl/N-ethyl adjacent to an activating group) is 1. The minimum absolute atomic E-state index is 0.000721. The molecule has 1 N–H and O–H groups in total. The van der Waals surface area contributed by atoms with Gasteiger partial charge in [-0.15, -0.1) is 21.5 Å². The van der Waals surface area contributed by atoms with Crippen LogP contribution in [-0.4, -0.2) is 45.7 Å². The van der Waals surface area contributed by atoms with Crippen LogP contribution in [-0.2, 0) is 17.9 Å². The Morgan fingerprint density at radius 2 is 2.20 bits per heavy atom. The van der Waals surface area contributed by atoms with Crippen molar-refractivity contribution in [1.82, 2.24) is 25.0 Å². The second-order valence-electron chi connectivity index (χ2n) is 4.42. The predicted octanol–water partition coefficient (Wildman–Crippen LogP) is 1.24. The van der Waals surface area contributed by atoms with Gasteiger partial charge in [-0.05, 0) is 19.2 Å². The number of carbonyl (C=O) groups excluding carboxylic acids is 1. The zero-order chi connectivity index (χ0) is 14.4. The van der Waals surface area contributed by atoms with E-state index in [4.69, 9.17) is 11.6 Å². The number of hydrogen-bond donors (Lipinski definition) is 1. The van der Waals surface area contributed by atoms with Crippen LogP contribution in [0.5, 0.6) is 0 Å². The number of nitrogens with one attached hydrogen (secondary N) is 1. The molecule has 0 radical (unpaired) electrons. The van der Waals surface area contributed by atoms with Crippen molar-refractivity contribution in [2.75, 3.05) is 20.1 Å². The molecule has 0 aliphatic rings. The summed E-state index contributed by atoms with van der Waals surface area (Å²) >= 11 is 7.31. The van der Waals surface area contributed by atoms with E-state index in [-0.39, 0.29) is 5.91 Å². The fourth-order valence-electron chi connectivity index (χ4n) is 1.64. The van der Waals surface area contributed by atoms with Gasteiger partial charge in [-0.3, -0.25) is 9.69 Å². The molecule has 2 aromatic rings. The summed E-state index contributed by atoms with van der Waals surface area (Å²) in [5, 5.41) is 10.3. The Morgan fingerprint density at radius 1 is 1.45 bits per heavy atom. The predicted molar refractivity (Wildman–Crippen MR) is 78.7 cm³/mol. The van der Waals surface area contributed by atoms with Crippen LogP contribution in [0.25, 0.3) is 0 Å². The lowest BCUT2D eigenvalue weighted by molar-refractivity contribution is -0.122. The maximum Gasteiger partial charge on any atom is 0.234 e. The highest BCUT2D eigenvalue weighted by atomic mass is 35.5. The van der Waals surface area contributed by atoms with E-state index in [9.17, 15) is 4.79 Å². The highest BCUT2D eigenvalue weighted by Gasteiger charge is 2.07. The van der Waals surface area contributed by atoms with Crippen LogP contribution in [0.3, 0.4) is 0 Å². The number of rotatable bonds is 7. The molecule has 108 valence electrons. The number of carbonyl (C=O) groups is 1. The smallest absolute Gasteiger partial charge is 0.234 e. The summed E-state index contributed by atoms with van der Waals surface area (Å²) in [7, 11) is 1.91. The number of nitrogens with zero attached hydrogens (tertiary/aromatic N) is 4. The van der Waals surface area contributed by atoms with Crippen LogP contribution in [0.15, 0.2) is 24.8 Å². The Balaban J connectivity index is 1.65. The standard InChI is InChI=1S/C12H16ClN5OS/c1-17(4-5-18-8-15-16-9-18)7-12(19)14-6-10-2-3-11(13)20-10/h2-3,8-9H,4-7H2,1H3,(H,14,19). The van der Waals surface area contributed by atoms with E-state index in [2.05, 4.69) is 15.5 Å². The summed E-state index contributed by atoms with van der Waals surface area (Å²) in [5.41, 5.74) is 0. The van der Waals surface area contributed by atoms with Crippen LogP contribution in [0.4, 0.5) is 0 Å². The van der Waals surface area contributed by atoms with Crippen molar-refractivity contribution >= 4 is 28.8 Å². The summed E-state index contributed by atoms with van der Waals surface area (Å²) in [4.78, 5) is 14.8. The Morgan fingerprint density at radius 3 is 2.85 bits per heavy atom. The van der Waals surface area contributed by atoms with Crippen molar-refractivity contribution < 1.29 is 4.79 Å². The van der Waals surface area contributed by atoms with E-state index < -0.39 is 0 Å². The van der Waals surface area contributed by atoms with E-state index in [0.29, 0.717) is 13.1 Å². The molecule has 0 fully saturated rings. The molecule has 2 rings (SSSR count). The summed E-state index contributed by atoms with van der Waals surface area (Å²) in [6.07, 6.45) is 3.32. The first-order chi connectivity index (χ1) is 9.63. The normalized spacial score (nSPS) is 10.9. The summed E-state index contributed by atoms with van der Waals surface area (Å²) < 4.78 is 2.61. The molecule has 0 aromatic carbocycles. The molecule has 1 amide bonds. The lowest BCUT2D eigenvalue weighted by atomic mass is 10.4. The van der Waals surface area contributed by atoms with Crippen molar-refractivity contribution in [3.63, 3.8) is 0 Å². The first-order valence-electron chi connectivity index (χ1n) is 6.15. The van der Waals surface area contributed by atoms with Crippen molar-refractivity contribution in [2.24, 2.45) is 0 Å². The average Bonchev–Trinajstić information content (AvgIpc) is 3.05. The van der Waals surface area contributed by atoms with Crippen molar-refractivity contribution in [3.8, 4) is 0 Å². The topological polar surface area (TPSA) is 63.1 Å². The molecule has 8 heteroatoms. The monoisotopic (exact) mass is 313 g/mol. The molecule has 2 aromatic heterocycles. The summed E-state index contributed by atoms with van der Waals surface area (Å²) in [6, 6.07) is 3.75. The van der Waals surface area contributed by atoms with Crippen LogP contribution < -0.4 is 5.32 Å². The largest absolute Gasteiger partial charge is 0.350 e. The number of thiophene rings is 1. The zero-order valence-electron chi connectivity index (χ0n) is 11.1. The van der Waals surface area contributed by atoms with Gasteiger partial charge in [0.15, 0.2) is 0 Å². The fraction of sp³-hybridized carbons (Fsp3) is 0.417. The Bertz CT molecular complexity index is 542. The van der Waals surface area contributed by atoms with Gasteiger partial charge < -0.3 is 9.88 Å². The molecular formula is C12H16ClN5OS. The minimum atomic E-state index is 0.000721. The van der Waals surface area contributed by atoms with E-state index in [1.807, 2.05) is 28.6 Å². The number of amides is 1. The third kappa shape index (κ3) is 4.92. The van der Waals surface area contributed by atoms with Crippen LogP contribution in [0, 0.1) is 0 Å². The van der Waals surface area contributed by atoms with E-state index in [1.54, 1.807) is 12.7 Å². The quantitative estimate of drug-likeness (QED) is 0.835. The average molecular weight is 314 g/mol. The van der Waals surface area contributed by atoms with Gasteiger partial charge >= 0.3 is 0 Å². The van der Waals surface area contributed by atoms with Gasteiger partial charge in [0.2, 0.25) is 5.91 Å².